The first kappa shape index (κ1) is 12.1. The fraction of sp³-hybridized carbons (Fsp3) is 1.00. The molecule has 0 aliphatic carbocycles. The molecule has 1 aliphatic heterocycles. The van der Waals surface area contributed by atoms with Crippen LogP contribution in [-0.4, -0.2) is 43.5 Å². The van der Waals surface area contributed by atoms with Crippen LogP contribution in [0.4, 0.5) is 0 Å². The molecule has 0 aromatic rings. The van der Waals surface area contributed by atoms with Crippen LogP contribution in [0.5, 0.6) is 0 Å². The monoisotopic (exact) mass is 194 g/mol. The third-order valence-corrected chi connectivity index (χ3v) is 3.97. The Balaban J connectivity index is 2.94. The van der Waals surface area contributed by atoms with E-state index in [9.17, 15) is 0 Å². The van der Waals surface area contributed by atoms with Crippen LogP contribution in [0.15, 0.2) is 0 Å². The van der Waals surface area contributed by atoms with Gasteiger partial charge in [0.05, 0.1) is 7.85 Å². The quantitative estimate of drug-likeness (QED) is 0.543. The largest absolute Gasteiger partial charge is 0.242 e. The highest BCUT2D eigenvalue weighted by Gasteiger charge is 2.37. The number of nitrogens with zero attached hydrogens (tertiary/aromatic N) is 2. The summed E-state index contributed by atoms with van der Waals surface area (Å²) in [7, 11) is 10.5. The Morgan fingerprint density at radius 2 is 1.71 bits per heavy atom. The molecule has 0 spiro atoms. The van der Waals surface area contributed by atoms with Crippen LogP contribution in [0, 0.1) is 5.92 Å². The molecule has 3 atom stereocenters. The molecule has 14 heavy (non-hydrogen) atoms. The fourth-order valence-electron chi connectivity index (χ4n) is 2.48. The van der Waals surface area contributed by atoms with Crippen molar-refractivity contribution in [3.8, 4) is 0 Å². The van der Waals surface area contributed by atoms with E-state index in [2.05, 4.69) is 51.8 Å². The molecule has 80 valence electrons. The molecule has 3 heteroatoms. The lowest BCUT2D eigenvalue weighted by Crippen LogP contribution is -2.51. The predicted octanol–water partition coefficient (Wildman–Crippen LogP) is 1.93. The van der Waals surface area contributed by atoms with Gasteiger partial charge in [-0.15, -0.1) is 0 Å². The summed E-state index contributed by atoms with van der Waals surface area (Å²) in [6, 6.07) is 0.414. The van der Waals surface area contributed by atoms with Crippen LogP contribution >= 0.6 is 0 Å². The smallest absolute Gasteiger partial charge is 0.0725 e. The molecular weight excluding hydrogens is 171 g/mol. The Morgan fingerprint density at radius 3 is 2.21 bits per heavy atom. The van der Waals surface area contributed by atoms with E-state index in [-0.39, 0.29) is 11.4 Å². The van der Waals surface area contributed by atoms with Crippen LogP contribution in [0.2, 0.25) is 5.82 Å². The lowest BCUT2D eigenvalue weighted by molar-refractivity contribution is -0.0695. The van der Waals surface area contributed by atoms with Crippen LogP contribution < -0.4 is 0 Å². The number of hydrazine groups is 1. The molecule has 1 heterocycles. The van der Waals surface area contributed by atoms with Gasteiger partial charge in [0.15, 0.2) is 0 Å². The second-order valence-corrected chi connectivity index (χ2v) is 5.41. The molecule has 0 saturated carbocycles. The lowest BCUT2D eigenvalue weighted by atomic mass is 9.70. The Kier molecular flexibility index (Phi) is 3.32. The molecular formula is C11H23BN2. The first-order valence-electron chi connectivity index (χ1n) is 5.49. The number of hydrogen-bond acceptors (Lipinski definition) is 2. The summed E-state index contributed by atoms with van der Waals surface area (Å²) < 4.78 is 0. The first-order chi connectivity index (χ1) is 6.27. The van der Waals surface area contributed by atoms with Crippen LogP contribution in [-0.2, 0) is 0 Å². The minimum absolute atomic E-state index is 0.205. The van der Waals surface area contributed by atoms with Crippen LogP contribution in [0.1, 0.15) is 34.1 Å². The van der Waals surface area contributed by atoms with Crippen molar-refractivity contribution >= 4 is 7.85 Å². The predicted molar refractivity (Wildman–Crippen MR) is 62.4 cm³/mol. The van der Waals surface area contributed by atoms with Gasteiger partial charge in [-0.2, -0.15) is 0 Å². The zero-order valence-corrected chi connectivity index (χ0v) is 10.4. The van der Waals surface area contributed by atoms with Crippen molar-refractivity contribution in [2.45, 2.75) is 51.5 Å². The summed E-state index contributed by atoms with van der Waals surface area (Å²) in [5.41, 5.74) is 0.205. The maximum Gasteiger partial charge on any atom is 0.0725 e. The van der Waals surface area contributed by atoms with Gasteiger partial charge in [-0.05, 0) is 33.1 Å². The standard InChI is InChI=1S/C11H23BN2/c1-8-7-11(3,4)14(6)13(5)9(2)10(8)12/h8-10H,7H2,1-6H3. The van der Waals surface area contributed by atoms with E-state index < -0.39 is 0 Å². The lowest BCUT2D eigenvalue weighted by Gasteiger charge is -2.41. The van der Waals surface area contributed by atoms with Gasteiger partial charge < -0.3 is 0 Å². The van der Waals surface area contributed by atoms with Gasteiger partial charge >= 0.3 is 0 Å². The summed E-state index contributed by atoms with van der Waals surface area (Å²) in [5, 5.41) is 4.59. The summed E-state index contributed by atoms with van der Waals surface area (Å²) in [6.07, 6.45) is 1.15. The maximum atomic E-state index is 6.23. The van der Waals surface area contributed by atoms with Gasteiger partial charge in [0.25, 0.3) is 0 Å². The number of rotatable bonds is 0. The summed E-state index contributed by atoms with van der Waals surface area (Å²) in [4.78, 5) is 0. The number of hydrogen-bond donors (Lipinski definition) is 0. The van der Waals surface area contributed by atoms with Crippen molar-refractivity contribution in [3.05, 3.63) is 0 Å². The normalized spacial score (nSPS) is 40.9. The SMILES string of the molecule is [B]C1C(C)CC(C)(C)N(C)N(C)C1C. The van der Waals surface area contributed by atoms with E-state index in [4.69, 9.17) is 7.85 Å². The highest BCUT2D eigenvalue weighted by Crippen LogP contribution is 2.36. The average Bonchev–Trinajstić information content (AvgIpc) is 2.14. The Labute approximate surface area is 90.0 Å². The van der Waals surface area contributed by atoms with Crippen LogP contribution in [0.3, 0.4) is 0 Å². The minimum Gasteiger partial charge on any atom is -0.242 e. The highest BCUT2D eigenvalue weighted by atomic mass is 15.6. The van der Waals surface area contributed by atoms with Crippen molar-refractivity contribution in [2.75, 3.05) is 14.1 Å². The third kappa shape index (κ3) is 1.99. The van der Waals surface area contributed by atoms with Crippen molar-refractivity contribution in [3.63, 3.8) is 0 Å². The third-order valence-electron chi connectivity index (χ3n) is 3.97. The zero-order chi connectivity index (χ0) is 11.1. The molecule has 2 radical (unpaired) electrons. The zero-order valence-electron chi connectivity index (χ0n) is 10.4. The van der Waals surface area contributed by atoms with Gasteiger partial charge in [0.1, 0.15) is 0 Å². The van der Waals surface area contributed by atoms with E-state index >= 15 is 0 Å². The van der Waals surface area contributed by atoms with Crippen molar-refractivity contribution in [1.82, 2.24) is 10.0 Å². The molecule has 1 rings (SSSR count). The van der Waals surface area contributed by atoms with Crippen molar-refractivity contribution < 1.29 is 0 Å². The molecule has 1 aliphatic rings. The fourth-order valence-corrected chi connectivity index (χ4v) is 2.48. The van der Waals surface area contributed by atoms with Gasteiger partial charge in [-0.3, -0.25) is 0 Å². The first-order valence-corrected chi connectivity index (χ1v) is 5.49. The van der Waals surface area contributed by atoms with E-state index in [1.807, 2.05) is 0 Å². The van der Waals surface area contributed by atoms with E-state index in [1.54, 1.807) is 0 Å². The van der Waals surface area contributed by atoms with Gasteiger partial charge in [-0.25, -0.2) is 10.0 Å². The second-order valence-electron chi connectivity index (χ2n) is 5.41. The molecule has 0 aromatic heterocycles. The molecule has 3 unspecified atom stereocenters. The van der Waals surface area contributed by atoms with Crippen LogP contribution in [0.25, 0.3) is 0 Å². The maximum absolute atomic E-state index is 6.23. The second kappa shape index (κ2) is 3.86. The van der Waals surface area contributed by atoms with E-state index in [0.29, 0.717) is 12.0 Å². The topological polar surface area (TPSA) is 6.48 Å². The summed E-state index contributed by atoms with van der Waals surface area (Å²) in [5.74, 6) is 0.844. The Bertz CT molecular complexity index is 205. The molecule has 0 amide bonds. The van der Waals surface area contributed by atoms with E-state index in [0.717, 1.165) is 6.42 Å². The Hall–Kier alpha value is -0.0151. The molecule has 0 N–H and O–H groups in total. The van der Waals surface area contributed by atoms with Crippen molar-refractivity contribution in [2.24, 2.45) is 5.92 Å². The highest BCUT2D eigenvalue weighted by molar-refractivity contribution is 6.12. The summed E-state index contributed by atoms with van der Waals surface area (Å²) >= 11 is 0. The average molecular weight is 194 g/mol. The molecule has 1 saturated heterocycles. The van der Waals surface area contributed by atoms with Gasteiger partial charge in [0.2, 0.25) is 0 Å². The molecule has 2 nitrogen and oxygen atoms in total. The van der Waals surface area contributed by atoms with E-state index in [1.165, 1.54) is 0 Å². The molecule has 0 aromatic carbocycles. The van der Waals surface area contributed by atoms with Gasteiger partial charge in [-0.1, -0.05) is 12.7 Å². The molecule has 0 bridgehead atoms. The Morgan fingerprint density at radius 1 is 1.21 bits per heavy atom. The minimum atomic E-state index is 0.205. The van der Waals surface area contributed by atoms with Crippen molar-refractivity contribution in [1.29, 1.82) is 0 Å². The summed E-state index contributed by atoms with van der Waals surface area (Å²) in [6.45, 7) is 9.03. The molecule has 1 fully saturated rings. The van der Waals surface area contributed by atoms with Gasteiger partial charge in [0, 0.05) is 25.7 Å².